The maximum absolute atomic E-state index is 11.7. The van der Waals surface area contributed by atoms with Crippen molar-refractivity contribution >= 4 is 5.97 Å². The van der Waals surface area contributed by atoms with Crippen LogP contribution in [0.4, 0.5) is 0 Å². The lowest BCUT2D eigenvalue weighted by Gasteiger charge is -2.03. The van der Waals surface area contributed by atoms with E-state index >= 15 is 0 Å². The standard InChI is InChI=1S/C24H35NO2/c1-2-3-4-5-6-7-8-9-10-11-12-13-14-15-16-17-21-27-24(26)23-19-18-20-25-22-23/h6-7,9-10,12-13,18-20,22H,2-5,8,11,14-17,21H2,1H3/b7-6?,10-9?,13-12-. The molecule has 0 radical (unpaired) electrons. The molecule has 0 spiro atoms. The number of carbonyl (C=O) groups is 1. The van der Waals surface area contributed by atoms with E-state index in [0.717, 1.165) is 38.5 Å². The number of rotatable bonds is 15. The van der Waals surface area contributed by atoms with E-state index in [1.807, 2.05) is 0 Å². The Morgan fingerprint density at radius 1 is 0.926 bits per heavy atom. The van der Waals surface area contributed by atoms with E-state index in [-0.39, 0.29) is 5.97 Å². The first-order valence-electron chi connectivity index (χ1n) is 10.4. The molecule has 0 amide bonds. The van der Waals surface area contributed by atoms with Gasteiger partial charge >= 0.3 is 5.97 Å². The summed E-state index contributed by atoms with van der Waals surface area (Å²) in [4.78, 5) is 15.6. The van der Waals surface area contributed by atoms with Crippen molar-refractivity contribution in [1.82, 2.24) is 4.98 Å². The zero-order valence-corrected chi connectivity index (χ0v) is 16.8. The number of hydrogen-bond donors (Lipinski definition) is 0. The van der Waals surface area contributed by atoms with Crippen molar-refractivity contribution < 1.29 is 9.53 Å². The van der Waals surface area contributed by atoms with E-state index in [1.165, 1.54) is 31.9 Å². The van der Waals surface area contributed by atoms with Crippen molar-refractivity contribution in [3.63, 3.8) is 0 Å². The zero-order valence-electron chi connectivity index (χ0n) is 16.8. The highest BCUT2D eigenvalue weighted by molar-refractivity contribution is 5.88. The molecule has 148 valence electrons. The summed E-state index contributed by atoms with van der Waals surface area (Å²) < 4.78 is 5.24. The van der Waals surface area contributed by atoms with Crippen LogP contribution in [0.2, 0.25) is 0 Å². The number of hydrogen-bond acceptors (Lipinski definition) is 3. The first kappa shape index (κ1) is 22.9. The second kappa shape index (κ2) is 17.3. The Morgan fingerprint density at radius 3 is 2.22 bits per heavy atom. The Labute approximate surface area is 165 Å². The number of ether oxygens (including phenoxy) is 1. The molecule has 27 heavy (non-hydrogen) atoms. The van der Waals surface area contributed by atoms with Crippen LogP contribution in [0.25, 0.3) is 0 Å². The second-order valence-corrected chi connectivity index (χ2v) is 6.61. The maximum Gasteiger partial charge on any atom is 0.339 e. The highest BCUT2D eigenvalue weighted by Gasteiger charge is 2.05. The Balaban J connectivity index is 1.90. The van der Waals surface area contributed by atoms with Crippen LogP contribution in [0.5, 0.6) is 0 Å². The first-order valence-corrected chi connectivity index (χ1v) is 10.4. The molecule has 1 aromatic heterocycles. The predicted octanol–water partition coefficient (Wildman–Crippen LogP) is 6.83. The van der Waals surface area contributed by atoms with E-state index in [0.29, 0.717) is 12.2 Å². The van der Waals surface area contributed by atoms with Crippen LogP contribution in [0, 0.1) is 0 Å². The topological polar surface area (TPSA) is 39.2 Å². The molecule has 0 bridgehead atoms. The van der Waals surface area contributed by atoms with Crippen LogP contribution in [-0.2, 0) is 4.74 Å². The number of allylic oxidation sites excluding steroid dienone is 6. The Hall–Kier alpha value is -2.16. The van der Waals surface area contributed by atoms with E-state index in [4.69, 9.17) is 4.74 Å². The van der Waals surface area contributed by atoms with Crippen molar-refractivity contribution in [3.8, 4) is 0 Å². The number of aromatic nitrogens is 1. The van der Waals surface area contributed by atoms with Gasteiger partial charge in [0.15, 0.2) is 0 Å². The lowest BCUT2D eigenvalue weighted by atomic mass is 10.2. The van der Waals surface area contributed by atoms with Gasteiger partial charge in [0.05, 0.1) is 12.2 Å². The fourth-order valence-electron chi connectivity index (χ4n) is 2.56. The Bertz CT molecular complexity index is 561. The fourth-order valence-corrected chi connectivity index (χ4v) is 2.56. The largest absolute Gasteiger partial charge is 0.462 e. The summed E-state index contributed by atoms with van der Waals surface area (Å²) in [6.45, 7) is 2.72. The van der Waals surface area contributed by atoms with Gasteiger partial charge in [-0.15, -0.1) is 0 Å². The fraction of sp³-hybridized carbons (Fsp3) is 0.500. The number of nitrogens with zero attached hydrogens (tertiary/aromatic N) is 1. The monoisotopic (exact) mass is 369 g/mol. The normalized spacial score (nSPS) is 11.7. The van der Waals surface area contributed by atoms with Gasteiger partial charge in [0.1, 0.15) is 0 Å². The number of esters is 1. The van der Waals surface area contributed by atoms with E-state index < -0.39 is 0 Å². The molecular weight excluding hydrogens is 334 g/mol. The molecule has 1 rings (SSSR count). The molecular formula is C24H35NO2. The Morgan fingerprint density at radius 2 is 1.59 bits per heavy atom. The molecule has 0 fully saturated rings. The van der Waals surface area contributed by atoms with E-state index in [2.05, 4.69) is 48.4 Å². The number of pyridine rings is 1. The summed E-state index contributed by atoms with van der Waals surface area (Å²) in [7, 11) is 0. The van der Waals surface area contributed by atoms with Crippen LogP contribution in [0.15, 0.2) is 61.0 Å². The molecule has 0 aromatic carbocycles. The van der Waals surface area contributed by atoms with Crippen molar-refractivity contribution in [3.05, 3.63) is 66.5 Å². The van der Waals surface area contributed by atoms with Gasteiger partial charge < -0.3 is 4.74 Å². The summed E-state index contributed by atoms with van der Waals surface area (Å²) in [6, 6.07) is 3.46. The average Bonchev–Trinajstić information content (AvgIpc) is 2.70. The first-order chi connectivity index (χ1) is 13.3. The van der Waals surface area contributed by atoms with E-state index in [1.54, 1.807) is 18.3 Å². The summed E-state index contributed by atoms with van der Waals surface area (Å²) in [5.74, 6) is -0.286. The molecule has 1 aromatic rings. The van der Waals surface area contributed by atoms with Crippen LogP contribution in [0.1, 0.15) is 81.5 Å². The minimum absolute atomic E-state index is 0.286. The van der Waals surface area contributed by atoms with Gasteiger partial charge in [-0.05, 0) is 63.5 Å². The predicted molar refractivity (Wildman–Crippen MR) is 114 cm³/mol. The molecule has 3 nitrogen and oxygen atoms in total. The van der Waals surface area contributed by atoms with Gasteiger partial charge in [-0.3, -0.25) is 4.98 Å². The Kier molecular flexibility index (Phi) is 14.6. The molecule has 1 heterocycles. The molecule has 0 saturated carbocycles. The van der Waals surface area contributed by atoms with Crippen LogP contribution in [-0.4, -0.2) is 17.6 Å². The quantitative estimate of drug-likeness (QED) is 0.193. The lowest BCUT2D eigenvalue weighted by molar-refractivity contribution is 0.0497. The smallest absolute Gasteiger partial charge is 0.339 e. The molecule has 0 N–H and O–H groups in total. The van der Waals surface area contributed by atoms with Crippen LogP contribution >= 0.6 is 0 Å². The van der Waals surface area contributed by atoms with Crippen molar-refractivity contribution in [1.29, 1.82) is 0 Å². The van der Waals surface area contributed by atoms with Gasteiger partial charge in [0, 0.05) is 12.4 Å². The maximum atomic E-state index is 11.7. The molecule has 0 atom stereocenters. The summed E-state index contributed by atoms with van der Waals surface area (Å²) in [5.41, 5.74) is 0.514. The molecule has 0 aliphatic heterocycles. The summed E-state index contributed by atoms with van der Waals surface area (Å²) >= 11 is 0. The molecule has 0 aliphatic rings. The molecule has 3 heteroatoms. The highest BCUT2D eigenvalue weighted by atomic mass is 16.5. The van der Waals surface area contributed by atoms with Crippen molar-refractivity contribution in [2.24, 2.45) is 0 Å². The third-order valence-electron chi connectivity index (χ3n) is 4.16. The minimum atomic E-state index is -0.286. The molecule has 0 saturated heterocycles. The number of unbranched alkanes of at least 4 members (excludes halogenated alkanes) is 6. The average molecular weight is 370 g/mol. The third-order valence-corrected chi connectivity index (χ3v) is 4.16. The van der Waals surface area contributed by atoms with Gasteiger partial charge in [0.25, 0.3) is 0 Å². The van der Waals surface area contributed by atoms with Crippen molar-refractivity contribution in [2.75, 3.05) is 6.61 Å². The molecule has 0 aliphatic carbocycles. The van der Waals surface area contributed by atoms with Crippen LogP contribution in [0.3, 0.4) is 0 Å². The second-order valence-electron chi connectivity index (χ2n) is 6.61. The minimum Gasteiger partial charge on any atom is -0.462 e. The highest BCUT2D eigenvalue weighted by Crippen LogP contribution is 2.05. The van der Waals surface area contributed by atoms with Gasteiger partial charge in [-0.2, -0.15) is 0 Å². The van der Waals surface area contributed by atoms with Crippen LogP contribution < -0.4 is 0 Å². The van der Waals surface area contributed by atoms with Gasteiger partial charge in [-0.1, -0.05) is 56.2 Å². The zero-order chi connectivity index (χ0) is 19.4. The number of carbonyl (C=O) groups excluding carboxylic acids is 1. The summed E-state index contributed by atoms with van der Waals surface area (Å²) in [5, 5.41) is 0. The third kappa shape index (κ3) is 13.7. The lowest BCUT2D eigenvalue weighted by Crippen LogP contribution is -2.06. The summed E-state index contributed by atoms with van der Waals surface area (Å²) in [6.07, 6.45) is 28.1. The molecule has 0 unspecified atom stereocenters. The SMILES string of the molecule is CCCCCC=CCC=CC/C=C\CCCCCOC(=O)c1cccnc1. The van der Waals surface area contributed by atoms with Crippen molar-refractivity contribution in [2.45, 2.75) is 71.1 Å². The van der Waals surface area contributed by atoms with Gasteiger partial charge in [-0.25, -0.2) is 4.79 Å². The van der Waals surface area contributed by atoms with E-state index in [9.17, 15) is 4.79 Å². The van der Waals surface area contributed by atoms with Gasteiger partial charge in [0.2, 0.25) is 0 Å².